The van der Waals surface area contributed by atoms with Crippen LogP contribution >= 0.6 is 0 Å². The Kier molecular flexibility index (Phi) is 12.4. The summed E-state index contributed by atoms with van der Waals surface area (Å²) < 4.78 is 0. The minimum Gasteiger partial charge on any atom is -0.408 e. The molecule has 1 unspecified atom stereocenters. The van der Waals surface area contributed by atoms with Crippen molar-refractivity contribution < 1.29 is 4.84 Å². The second kappa shape index (κ2) is 11.5. The summed E-state index contributed by atoms with van der Waals surface area (Å²) in [5.41, 5.74) is 5.39. The molecule has 1 aliphatic rings. The van der Waals surface area contributed by atoms with Gasteiger partial charge in [0.05, 0.1) is 6.04 Å². The molecule has 1 heterocycles. The molecule has 1 aliphatic heterocycles. The number of hydrogen-bond donors (Lipinski definition) is 1. The zero-order valence-corrected chi connectivity index (χ0v) is 12.7. The summed E-state index contributed by atoms with van der Waals surface area (Å²) in [4.78, 5) is 5.24. The van der Waals surface area contributed by atoms with Crippen molar-refractivity contribution in [1.29, 1.82) is 0 Å². The first kappa shape index (κ1) is 18.3. The van der Waals surface area contributed by atoms with Gasteiger partial charge in [-0.1, -0.05) is 53.7 Å². The van der Waals surface area contributed by atoms with Gasteiger partial charge < -0.3 is 4.84 Å². The van der Waals surface area contributed by atoms with Gasteiger partial charge in [-0.25, -0.2) is 0 Å². The molecule has 2 nitrogen and oxygen atoms in total. The van der Waals surface area contributed by atoms with Gasteiger partial charge in [0.25, 0.3) is 0 Å². The lowest BCUT2D eigenvalue weighted by Crippen LogP contribution is -2.12. The normalized spacial score (nSPS) is 14.7. The summed E-state index contributed by atoms with van der Waals surface area (Å²) in [7, 11) is 0. The Hall–Kier alpha value is -1.02. The summed E-state index contributed by atoms with van der Waals surface area (Å²) in [6.07, 6.45) is 0. The molecule has 0 aromatic heterocycles. The summed E-state index contributed by atoms with van der Waals surface area (Å²) in [5, 5.41) is 0. The molecule has 0 amide bonds. The van der Waals surface area contributed by atoms with E-state index in [1.54, 1.807) is 0 Å². The van der Waals surface area contributed by atoms with Gasteiger partial charge in [0, 0.05) is 5.56 Å². The number of aryl methyl sites for hydroxylation is 1. The Morgan fingerprint density at radius 2 is 1.53 bits per heavy atom. The number of benzene rings is 1. The molecule has 0 bridgehead atoms. The van der Waals surface area contributed by atoms with Crippen LogP contribution in [0.3, 0.4) is 0 Å². The van der Waals surface area contributed by atoms with Crippen molar-refractivity contribution in [2.24, 2.45) is 0 Å². The summed E-state index contributed by atoms with van der Waals surface area (Å²) in [5.74, 6) is 0.970. The van der Waals surface area contributed by atoms with Gasteiger partial charge in [0.2, 0.25) is 0 Å². The van der Waals surface area contributed by atoms with Crippen LogP contribution in [0.1, 0.15) is 65.6 Å². The third kappa shape index (κ3) is 5.73. The Balaban J connectivity index is 0. The number of nitrogens with one attached hydrogen (secondary N) is 1. The van der Waals surface area contributed by atoms with Crippen molar-refractivity contribution in [3.63, 3.8) is 0 Å². The van der Waals surface area contributed by atoms with E-state index in [1.165, 1.54) is 11.1 Å². The molecule has 1 aromatic carbocycles. The van der Waals surface area contributed by atoms with E-state index in [-0.39, 0.29) is 0 Å². The monoisotopic (exact) mass is 239 g/mol. The van der Waals surface area contributed by atoms with Crippen LogP contribution in [0.25, 0.3) is 0 Å². The first-order chi connectivity index (χ1) is 8.27. The molecule has 1 N–H and O–H groups in total. The van der Waals surface area contributed by atoms with E-state index in [0.29, 0.717) is 6.04 Å². The highest BCUT2D eigenvalue weighted by molar-refractivity contribution is 5.40. The maximum atomic E-state index is 5.24. The van der Waals surface area contributed by atoms with Crippen molar-refractivity contribution in [3.8, 4) is 5.75 Å². The van der Waals surface area contributed by atoms with Crippen LogP contribution in [0.4, 0.5) is 0 Å². The standard InChI is InChI=1S/C9H11NO.3C2H6/c1-6-3-4-8-7(2)10-11-9(8)5-6;3*1-2/h3-5,7,10H,1-2H3;3*1-2H3. The van der Waals surface area contributed by atoms with Gasteiger partial charge in [-0.3, -0.25) is 0 Å². The average Bonchev–Trinajstić information content (AvgIpc) is 2.78. The first-order valence-electron chi connectivity index (χ1n) is 6.80. The fraction of sp³-hybridized carbons (Fsp3) is 0.600. The third-order valence-corrected chi connectivity index (χ3v) is 1.98. The quantitative estimate of drug-likeness (QED) is 0.685. The maximum absolute atomic E-state index is 5.24. The van der Waals surface area contributed by atoms with Crippen molar-refractivity contribution in [2.75, 3.05) is 0 Å². The molecule has 0 saturated carbocycles. The van der Waals surface area contributed by atoms with Crippen molar-refractivity contribution >= 4 is 0 Å². The number of hydrogen-bond acceptors (Lipinski definition) is 2. The van der Waals surface area contributed by atoms with E-state index in [2.05, 4.69) is 31.5 Å². The van der Waals surface area contributed by atoms with Crippen molar-refractivity contribution in [1.82, 2.24) is 5.48 Å². The fourth-order valence-corrected chi connectivity index (χ4v) is 1.30. The minimum atomic E-state index is 0.325. The zero-order valence-electron chi connectivity index (χ0n) is 12.7. The summed E-state index contributed by atoms with van der Waals surface area (Å²) >= 11 is 0. The molecule has 2 heteroatoms. The van der Waals surface area contributed by atoms with E-state index in [4.69, 9.17) is 4.84 Å². The van der Waals surface area contributed by atoms with Gasteiger partial charge in [0.15, 0.2) is 5.75 Å². The third-order valence-electron chi connectivity index (χ3n) is 1.98. The number of fused-ring (bicyclic) bond motifs is 1. The van der Waals surface area contributed by atoms with E-state index in [9.17, 15) is 0 Å². The molecular weight excluding hydrogens is 210 g/mol. The fourth-order valence-electron chi connectivity index (χ4n) is 1.30. The Morgan fingerprint density at radius 3 is 2.06 bits per heavy atom. The van der Waals surface area contributed by atoms with Gasteiger partial charge >= 0.3 is 0 Å². The molecule has 0 radical (unpaired) electrons. The summed E-state index contributed by atoms with van der Waals surface area (Å²) in [6, 6.07) is 6.58. The molecule has 17 heavy (non-hydrogen) atoms. The number of hydroxylamine groups is 1. The second-order valence-electron chi connectivity index (χ2n) is 2.98. The lowest BCUT2D eigenvalue weighted by molar-refractivity contribution is 0.200. The lowest BCUT2D eigenvalue weighted by atomic mass is 10.1. The topological polar surface area (TPSA) is 21.3 Å². The lowest BCUT2D eigenvalue weighted by Gasteiger charge is -1.98. The molecule has 0 aliphatic carbocycles. The van der Waals surface area contributed by atoms with Crippen molar-refractivity contribution in [2.45, 2.75) is 61.4 Å². The van der Waals surface area contributed by atoms with Gasteiger partial charge in [-0.15, -0.1) is 5.48 Å². The van der Waals surface area contributed by atoms with Crippen LogP contribution in [-0.4, -0.2) is 0 Å². The van der Waals surface area contributed by atoms with Crippen LogP contribution in [0.2, 0.25) is 0 Å². The van der Waals surface area contributed by atoms with Gasteiger partial charge in [0.1, 0.15) is 0 Å². The van der Waals surface area contributed by atoms with Crippen LogP contribution < -0.4 is 10.3 Å². The van der Waals surface area contributed by atoms with E-state index in [1.807, 2.05) is 47.6 Å². The van der Waals surface area contributed by atoms with Crippen molar-refractivity contribution in [3.05, 3.63) is 29.3 Å². The highest BCUT2D eigenvalue weighted by atomic mass is 16.7. The summed E-state index contributed by atoms with van der Waals surface area (Å²) in [6.45, 7) is 16.1. The molecule has 2 rings (SSSR count). The first-order valence-corrected chi connectivity index (χ1v) is 6.80. The molecular formula is C15H29NO. The molecule has 100 valence electrons. The van der Waals surface area contributed by atoms with Crippen LogP contribution in [0.5, 0.6) is 5.75 Å². The van der Waals surface area contributed by atoms with E-state index < -0.39 is 0 Å². The molecule has 0 saturated heterocycles. The number of rotatable bonds is 0. The zero-order chi connectivity index (χ0) is 13.8. The van der Waals surface area contributed by atoms with Gasteiger partial charge in [-0.05, 0) is 25.5 Å². The highest BCUT2D eigenvalue weighted by Gasteiger charge is 2.18. The average molecular weight is 239 g/mol. The predicted molar refractivity (Wildman–Crippen MR) is 77.4 cm³/mol. The molecule has 0 spiro atoms. The maximum Gasteiger partial charge on any atom is 0.152 e. The van der Waals surface area contributed by atoms with Crippen LogP contribution in [0.15, 0.2) is 18.2 Å². The SMILES string of the molecule is CC.CC.CC.Cc1ccc2c(c1)ONC2C. The Bertz CT molecular complexity index is 284. The Morgan fingerprint density at radius 1 is 1.00 bits per heavy atom. The molecule has 1 aromatic rings. The van der Waals surface area contributed by atoms with E-state index >= 15 is 0 Å². The minimum absolute atomic E-state index is 0.325. The van der Waals surface area contributed by atoms with E-state index in [0.717, 1.165) is 5.75 Å². The Labute approximate surface area is 107 Å². The second-order valence-corrected chi connectivity index (χ2v) is 2.98. The van der Waals surface area contributed by atoms with Gasteiger partial charge in [-0.2, -0.15) is 0 Å². The molecule has 0 fully saturated rings. The highest BCUT2D eigenvalue weighted by Crippen LogP contribution is 2.30. The van der Waals surface area contributed by atoms with Crippen LogP contribution in [-0.2, 0) is 0 Å². The van der Waals surface area contributed by atoms with Crippen LogP contribution in [0, 0.1) is 6.92 Å². The predicted octanol–water partition coefficient (Wildman–Crippen LogP) is 5.03. The largest absolute Gasteiger partial charge is 0.408 e. The molecule has 1 atom stereocenters. The smallest absolute Gasteiger partial charge is 0.152 e.